The fourth-order valence-corrected chi connectivity index (χ4v) is 1.67. The van der Waals surface area contributed by atoms with E-state index in [0.717, 1.165) is 18.8 Å². The van der Waals surface area contributed by atoms with E-state index in [4.69, 9.17) is 4.42 Å². The van der Waals surface area contributed by atoms with E-state index < -0.39 is 0 Å². The summed E-state index contributed by atoms with van der Waals surface area (Å²) < 4.78 is 5.23. The van der Waals surface area contributed by atoms with Gasteiger partial charge < -0.3 is 14.8 Å². The van der Waals surface area contributed by atoms with Crippen LogP contribution in [0.1, 0.15) is 18.2 Å². The van der Waals surface area contributed by atoms with Crippen LogP contribution in [0.2, 0.25) is 0 Å². The first-order valence-corrected chi connectivity index (χ1v) is 5.73. The van der Waals surface area contributed by atoms with E-state index in [9.17, 15) is 5.11 Å². The molecule has 0 aromatic carbocycles. The molecule has 0 fully saturated rings. The molecule has 0 aliphatic heterocycles. The van der Waals surface area contributed by atoms with Crippen molar-refractivity contribution in [2.75, 3.05) is 26.7 Å². The van der Waals surface area contributed by atoms with Crippen LogP contribution in [0.4, 0.5) is 0 Å². The Morgan fingerprint density at radius 2 is 2.31 bits per heavy atom. The van der Waals surface area contributed by atoms with Crippen molar-refractivity contribution in [3.8, 4) is 0 Å². The fourth-order valence-electron chi connectivity index (χ4n) is 1.67. The molecule has 1 unspecified atom stereocenters. The summed E-state index contributed by atoms with van der Waals surface area (Å²) in [5.74, 6) is 0.952. The topological polar surface area (TPSA) is 48.6 Å². The van der Waals surface area contributed by atoms with Gasteiger partial charge in [-0.15, -0.1) is 0 Å². The summed E-state index contributed by atoms with van der Waals surface area (Å²) in [7, 11) is 2.00. The quantitative estimate of drug-likeness (QED) is 0.728. The highest BCUT2D eigenvalue weighted by atomic mass is 16.3. The summed E-state index contributed by atoms with van der Waals surface area (Å²) >= 11 is 0. The molecule has 0 radical (unpaired) electrons. The minimum absolute atomic E-state index is 0.322. The van der Waals surface area contributed by atoms with Crippen molar-refractivity contribution in [3.05, 3.63) is 23.7 Å². The van der Waals surface area contributed by atoms with Crippen LogP contribution in [-0.2, 0) is 6.54 Å². The van der Waals surface area contributed by atoms with Gasteiger partial charge in [-0.2, -0.15) is 0 Å². The van der Waals surface area contributed by atoms with E-state index in [-0.39, 0.29) is 6.10 Å². The summed E-state index contributed by atoms with van der Waals surface area (Å²) in [5, 5.41) is 12.8. The van der Waals surface area contributed by atoms with Crippen molar-refractivity contribution in [3.63, 3.8) is 0 Å². The molecule has 1 aromatic heterocycles. The second-order valence-electron chi connectivity index (χ2n) is 4.16. The molecule has 0 saturated carbocycles. The first-order chi connectivity index (χ1) is 7.63. The minimum atomic E-state index is -0.322. The summed E-state index contributed by atoms with van der Waals surface area (Å²) in [6.45, 7) is 7.00. The number of hydrogen-bond donors (Lipinski definition) is 2. The van der Waals surface area contributed by atoms with Crippen LogP contribution in [-0.4, -0.2) is 42.8 Å². The monoisotopic (exact) mass is 226 g/mol. The number of nitrogens with zero attached hydrogens (tertiary/aromatic N) is 1. The van der Waals surface area contributed by atoms with E-state index >= 15 is 0 Å². The number of likely N-dealkylation sites (N-methyl/N-ethyl adjacent to an activating group) is 2. The van der Waals surface area contributed by atoms with Gasteiger partial charge in [0.15, 0.2) is 0 Å². The Balaban J connectivity index is 2.30. The number of nitrogens with one attached hydrogen (secondary N) is 1. The number of aryl methyl sites for hydroxylation is 1. The smallest absolute Gasteiger partial charge is 0.105 e. The molecule has 0 spiro atoms. The zero-order valence-electron chi connectivity index (χ0n) is 10.4. The first-order valence-electron chi connectivity index (χ1n) is 5.73. The Morgan fingerprint density at radius 1 is 1.56 bits per heavy atom. The summed E-state index contributed by atoms with van der Waals surface area (Å²) in [4.78, 5) is 2.10. The molecule has 0 amide bonds. The van der Waals surface area contributed by atoms with Gasteiger partial charge in [0.25, 0.3) is 0 Å². The van der Waals surface area contributed by atoms with Gasteiger partial charge in [0.1, 0.15) is 5.76 Å². The molecule has 1 heterocycles. The predicted molar refractivity (Wildman–Crippen MR) is 64.3 cm³/mol. The number of aliphatic hydroxyl groups excluding tert-OH is 1. The average molecular weight is 226 g/mol. The van der Waals surface area contributed by atoms with Crippen LogP contribution in [0.3, 0.4) is 0 Å². The van der Waals surface area contributed by atoms with Crippen molar-refractivity contribution in [2.24, 2.45) is 0 Å². The molecular weight excluding hydrogens is 204 g/mol. The maximum atomic E-state index is 9.72. The van der Waals surface area contributed by atoms with E-state index in [2.05, 4.69) is 10.2 Å². The molecule has 92 valence electrons. The number of hydrogen-bond acceptors (Lipinski definition) is 4. The maximum Gasteiger partial charge on any atom is 0.105 e. The molecule has 1 rings (SSSR count). The zero-order chi connectivity index (χ0) is 12.0. The Kier molecular flexibility index (Phi) is 5.52. The lowest BCUT2D eigenvalue weighted by Crippen LogP contribution is -2.36. The molecule has 2 N–H and O–H groups in total. The second kappa shape index (κ2) is 6.68. The molecule has 0 aliphatic rings. The highest BCUT2D eigenvalue weighted by Gasteiger charge is 2.10. The number of furan rings is 1. The summed E-state index contributed by atoms with van der Waals surface area (Å²) in [6.07, 6.45) is 1.38. The van der Waals surface area contributed by atoms with Crippen LogP contribution in [0, 0.1) is 6.92 Å². The van der Waals surface area contributed by atoms with Gasteiger partial charge in [-0.05, 0) is 26.6 Å². The summed E-state index contributed by atoms with van der Waals surface area (Å²) in [5.41, 5.74) is 1.18. The minimum Gasteiger partial charge on any atom is -0.469 e. The third kappa shape index (κ3) is 4.35. The Labute approximate surface area is 97.2 Å². The Hall–Kier alpha value is -0.840. The standard InChI is InChI=1S/C12H22N2O2/c1-4-13-7-12(15)9-14(3)8-11-5-6-16-10(11)2/h5-6,12-13,15H,4,7-9H2,1-3H3. The summed E-state index contributed by atoms with van der Waals surface area (Å²) in [6, 6.07) is 1.97. The molecule has 4 nitrogen and oxygen atoms in total. The highest BCUT2D eigenvalue weighted by Crippen LogP contribution is 2.10. The molecule has 1 aromatic rings. The number of rotatable bonds is 7. The van der Waals surface area contributed by atoms with Crippen molar-refractivity contribution in [2.45, 2.75) is 26.5 Å². The molecule has 0 aliphatic carbocycles. The van der Waals surface area contributed by atoms with Crippen molar-refractivity contribution < 1.29 is 9.52 Å². The first kappa shape index (κ1) is 13.2. The van der Waals surface area contributed by atoms with Crippen LogP contribution >= 0.6 is 0 Å². The van der Waals surface area contributed by atoms with Crippen LogP contribution in [0.15, 0.2) is 16.7 Å². The zero-order valence-corrected chi connectivity index (χ0v) is 10.4. The van der Waals surface area contributed by atoms with Gasteiger partial charge in [-0.3, -0.25) is 4.90 Å². The molecule has 0 bridgehead atoms. The van der Waals surface area contributed by atoms with Gasteiger partial charge in [-0.25, -0.2) is 0 Å². The van der Waals surface area contributed by atoms with Crippen molar-refractivity contribution in [1.29, 1.82) is 0 Å². The SMILES string of the molecule is CCNCC(O)CN(C)Cc1ccoc1C. The molecule has 16 heavy (non-hydrogen) atoms. The van der Waals surface area contributed by atoms with E-state index in [0.29, 0.717) is 13.1 Å². The van der Waals surface area contributed by atoms with Gasteiger partial charge in [0.05, 0.1) is 12.4 Å². The molecule has 1 atom stereocenters. The van der Waals surface area contributed by atoms with Crippen LogP contribution < -0.4 is 5.32 Å². The molecule has 0 saturated heterocycles. The van der Waals surface area contributed by atoms with Gasteiger partial charge >= 0.3 is 0 Å². The average Bonchev–Trinajstić information content (AvgIpc) is 2.61. The lowest BCUT2D eigenvalue weighted by atomic mass is 10.2. The fraction of sp³-hybridized carbons (Fsp3) is 0.667. The van der Waals surface area contributed by atoms with Gasteiger partial charge in [0.2, 0.25) is 0 Å². The van der Waals surface area contributed by atoms with E-state index in [1.54, 1.807) is 6.26 Å². The van der Waals surface area contributed by atoms with Gasteiger partial charge in [0, 0.05) is 25.2 Å². The normalized spacial score (nSPS) is 13.3. The third-order valence-corrected chi connectivity index (χ3v) is 2.56. The highest BCUT2D eigenvalue weighted by molar-refractivity contribution is 5.14. The van der Waals surface area contributed by atoms with E-state index in [1.165, 1.54) is 5.56 Å². The number of aliphatic hydroxyl groups is 1. The molecular formula is C12H22N2O2. The largest absolute Gasteiger partial charge is 0.469 e. The molecule has 4 heteroatoms. The Bertz CT molecular complexity index is 299. The second-order valence-corrected chi connectivity index (χ2v) is 4.16. The van der Waals surface area contributed by atoms with Crippen molar-refractivity contribution >= 4 is 0 Å². The third-order valence-electron chi connectivity index (χ3n) is 2.56. The lowest BCUT2D eigenvalue weighted by molar-refractivity contribution is 0.121. The van der Waals surface area contributed by atoms with Crippen LogP contribution in [0.5, 0.6) is 0 Å². The maximum absolute atomic E-state index is 9.72. The van der Waals surface area contributed by atoms with Crippen molar-refractivity contribution in [1.82, 2.24) is 10.2 Å². The predicted octanol–water partition coefficient (Wildman–Crippen LogP) is 0.990. The van der Waals surface area contributed by atoms with Crippen LogP contribution in [0.25, 0.3) is 0 Å². The lowest BCUT2D eigenvalue weighted by Gasteiger charge is -2.20. The van der Waals surface area contributed by atoms with E-state index in [1.807, 2.05) is 27.0 Å². The van der Waals surface area contributed by atoms with Gasteiger partial charge in [-0.1, -0.05) is 6.92 Å². The Morgan fingerprint density at radius 3 is 2.88 bits per heavy atom.